The largest absolute Gasteiger partial charge is 0.479 e. The second-order valence-corrected chi connectivity index (χ2v) is 3.63. The maximum absolute atomic E-state index is 10.4. The summed E-state index contributed by atoms with van der Waals surface area (Å²) in [4.78, 5) is 10.4. The predicted molar refractivity (Wildman–Crippen MR) is 47.4 cm³/mol. The summed E-state index contributed by atoms with van der Waals surface area (Å²) in [6.45, 7) is 4.16. The van der Waals surface area contributed by atoms with Crippen LogP contribution in [0.25, 0.3) is 0 Å². The van der Waals surface area contributed by atoms with Crippen LogP contribution in [0.1, 0.15) is 33.1 Å². The van der Waals surface area contributed by atoms with Crippen LogP contribution in [-0.2, 0) is 4.79 Å². The first-order valence-corrected chi connectivity index (χ1v) is 4.17. The lowest BCUT2D eigenvalue weighted by Crippen LogP contribution is -2.56. The molecule has 0 saturated heterocycles. The Morgan fingerprint density at radius 3 is 2.33 bits per heavy atom. The Balaban J connectivity index is 3.69. The van der Waals surface area contributed by atoms with Crippen molar-refractivity contribution < 1.29 is 9.90 Å². The zero-order valence-corrected chi connectivity index (χ0v) is 7.71. The van der Waals surface area contributed by atoms with Gasteiger partial charge in [0.05, 0.1) is 0 Å². The van der Waals surface area contributed by atoms with E-state index in [2.05, 4.69) is 13.8 Å². The first kappa shape index (κ1) is 11.4. The van der Waals surface area contributed by atoms with Gasteiger partial charge >= 0.3 is 5.97 Å². The quantitative estimate of drug-likeness (QED) is 0.530. The van der Waals surface area contributed by atoms with E-state index in [-0.39, 0.29) is 0 Å². The molecule has 4 heteroatoms. The normalized spacial score (nSPS) is 12.1. The zero-order chi connectivity index (χ0) is 9.78. The van der Waals surface area contributed by atoms with Crippen molar-refractivity contribution in [1.29, 1.82) is 0 Å². The van der Waals surface area contributed by atoms with Crippen LogP contribution in [0.2, 0.25) is 0 Å². The number of hydrogen-bond acceptors (Lipinski definition) is 3. The lowest BCUT2D eigenvalue weighted by molar-refractivity contribution is -0.143. The minimum atomic E-state index is -1.55. The summed E-state index contributed by atoms with van der Waals surface area (Å²) < 4.78 is 0. The Hall–Kier alpha value is -0.610. The summed E-state index contributed by atoms with van der Waals surface area (Å²) in [6, 6.07) is 0. The van der Waals surface area contributed by atoms with E-state index < -0.39 is 11.6 Å². The fourth-order valence-corrected chi connectivity index (χ4v) is 0.910. The summed E-state index contributed by atoms with van der Waals surface area (Å²) in [6.07, 6.45) is 2.06. The highest BCUT2D eigenvalue weighted by Gasteiger charge is 2.27. The van der Waals surface area contributed by atoms with Gasteiger partial charge in [-0.25, -0.2) is 4.79 Å². The first-order valence-electron chi connectivity index (χ1n) is 4.17. The van der Waals surface area contributed by atoms with Gasteiger partial charge in [0.25, 0.3) is 0 Å². The molecule has 0 fully saturated rings. The third kappa shape index (κ3) is 4.31. The van der Waals surface area contributed by atoms with Gasteiger partial charge in [-0.15, -0.1) is 0 Å². The fraction of sp³-hybridized carbons (Fsp3) is 0.875. The second kappa shape index (κ2) is 4.42. The Kier molecular flexibility index (Phi) is 4.20. The van der Waals surface area contributed by atoms with Crippen molar-refractivity contribution in [2.24, 2.45) is 17.4 Å². The number of rotatable bonds is 5. The molecule has 0 aliphatic heterocycles. The zero-order valence-electron chi connectivity index (χ0n) is 7.71. The van der Waals surface area contributed by atoms with Gasteiger partial charge in [-0.05, 0) is 18.8 Å². The van der Waals surface area contributed by atoms with E-state index >= 15 is 0 Å². The molecule has 4 nitrogen and oxygen atoms in total. The van der Waals surface area contributed by atoms with Gasteiger partial charge in [0.1, 0.15) is 0 Å². The first-order chi connectivity index (χ1) is 5.36. The number of carboxylic acid groups (broad SMARTS) is 1. The molecule has 0 unspecified atom stereocenters. The van der Waals surface area contributed by atoms with Crippen molar-refractivity contribution in [3.05, 3.63) is 0 Å². The highest BCUT2D eigenvalue weighted by molar-refractivity contribution is 5.77. The van der Waals surface area contributed by atoms with Crippen LogP contribution >= 0.6 is 0 Å². The molecule has 0 aliphatic carbocycles. The van der Waals surface area contributed by atoms with Crippen LogP contribution in [0.5, 0.6) is 0 Å². The fourth-order valence-electron chi connectivity index (χ4n) is 0.910. The minimum Gasteiger partial charge on any atom is -0.479 e. The number of carbonyl (C=O) groups is 1. The van der Waals surface area contributed by atoms with Crippen molar-refractivity contribution in [2.45, 2.75) is 38.8 Å². The van der Waals surface area contributed by atoms with E-state index in [9.17, 15) is 4.79 Å². The average molecular weight is 174 g/mol. The molecule has 0 radical (unpaired) electrons. The molecule has 0 aromatic heterocycles. The highest BCUT2D eigenvalue weighted by Crippen LogP contribution is 2.10. The topological polar surface area (TPSA) is 89.3 Å². The van der Waals surface area contributed by atoms with Gasteiger partial charge < -0.3 is 16.6 Å². The second-order valence-electron chi connectivity index (χ2n) is 3.63. The Bertz CT molecular complexity index is 155. The van der Waals surface area contributed by atoms with E-state index in [0.29, 0.717) is 12.3 Å². The third-order valence-corrected chi connectivity index (χ3v) is 1.77. The van der Waals surface area contributed by atoms with E-state index in [0.717, 1.165) is 12.8 Å². The summed E-state index contributed by atoms with van der Waals surface area (Å²) in [5.74, 6) is -0.569. The van der Waals surface area contributed by atoms with Crippen molar-refractivity contribution >= 4 is 5.97 Å². The van der Waals surface area contributed by atoms with Gasteiger partial charge in [-0.3, -0.25) is 0 Å². The lowest BCUT2D eigenvalue weighted by Gasteiger charge is -2.18. The molecule has 0 bridgehead atoms. The van der Waals surface area contributed by atoms with Crippen molar-refractivity contribution in [1.82, 2.24) is 0 Å². The third-order valence-electron chi connectivity index (χ3n) is 1.77. The average Bonchev–Trinajstić information content (AvgIpc) is 1.85. The molecule has 0 saturated carbocycles. The van der Waals surface area contributed by atoms with Gasteiger partial charge in [0, 0.05) is 0 Å². The Morgan fingerprint density at radius 2 is 2.00 bits per heavy atom. The van der Waals surface area contributed by atoms with Crippen LogP contribution in [0.15, 0.2) is 0 Å². The number of aliphatic carboxylic acids is 1. The molecule has 0 atom stereocenters. The smallest absolute Gasteiger partial charge is 0.338 e. The van der Waals surface area contributed by atoms with Crippen LogP contribution < -0.4 is 11.5 Å². The van der Waals surface area contributed by atoms with Crippen LogP contribution in [0, 0.1) is 5.92 Å². The number of hydrogen-bond donors (Lipinski definition) is 3. The molecule has 0 aliphatic rings. The lowest BCUT2D eigenvalue weighted by atomic mass is 10.00. The van der Waals surface area contributed by atoms with Crippen LogP contribution in [0.3, 0.4) is 0 Å². The summed E-state index contributed by atoms with van der Waals surface area (Å²) in [7, 11) is 0. The molecular weight excluding hydrogens is 156 g/mol. The van der Waals surface area contributed by atoms with Gasteiger partial charge in [-0.2, -0.15) is 0 Å². The molecule has 0 heterocycles. The Morgan fingerprint density at radius 1 is 1.50 bits per heavy atom. The van der Waals surface area contributed by atoms with E-state index in [1.54, 1.807) is 0 Å². The van der Waals surface area contributed by atoms with Gasteiger partial charge in [-0.1, -0.05) is 20.3 Å². The monoisotopic (exact) mass is 174 g/mol. The summed E-state index contributed by atoms with van der Waals surface area (Å²) in [5.41, 5.74) is 9.10. The molecule has 0 spiro atoms. The minimum absolute atomic E-state index is 0.334. The SMILES string of the molecule is CC(C)CCCC(N)(N)C(=O)O. The maximum atomic E-state index is 10.4. The standard InChI is InChI=1S/C8H18N2O2/c1-6(2)4-3-5-8(9,10)7(11)12/h6H,3-5,9-10H2,1-2H3,(H,11,12). The highest BCUT2D eigenvalue weighted by atomic mass is 16.4. The molecule has 5 N–H and O–H groups in total. The maximum Gasteiger partial charge on any atom is 0.338 e. The summed E-state index contributed by atoms with van der Waals surface area (Å²) >= 11 is 0. The van der Waals surface area contributed by atoms with Gasteiger partial charge in [0.15, 0.2) is 5.66 Å². The van der Waals surface area contributed by atoms with Gasteiger partial charge in [0.2, 0.25) is 0 Å². The number of carboxylic acids is 1. The van der Waals surface area contributed by atoms with E-state index in [1.807, 2.05) is 0 Å². The van der Waals surface area contributed by atoms with Crippen LogP contribution in [-0.4, -0.2) is 16.7 Å². The van der Waals surface area contributed by atoms with Crippen molar-refractivity contribution in [2.75, 3.05) is 0 Å². The molecule has 0 aromatic carbocycles. The molecule has 0 amide bonds. The molecule has 72 valence electrons. The Labute approximate surface area is 72.9 Å². The van der Waals surface area contributed by atoms with E-state index in [4.69, 9.17) is 16.6 Å². The molecular formula is C8H18N2O2. The van der Waals surface area contributed by atoms with Crippen LogP contribution in [0.4, 0.5) is 0 Å². The van der Waals surface area contributed by atoms with Crippen molar-refractivity contribution in [3.8, 4) is 0 Å². The molecule has 0 rings (SSSR count). The molecule has 12 heavy (non-hydrogen) atoms. The van der Waals surface area contributed by atoms with E-state index in [1.165, 1.54) is 0 Å². The van der Waals surface area contributed by atoms with Crippen molar-refractivity contribution in [3.63, 3.8) is 0 Å². The summed E-state index contributed by atoms with van der Waals surface area (Å²) in [5, 5.41) is 8.56. The number of nitrogens with two attached hydrogens (primary N) is 2. The predicted octanol–water partition coefficient (Wildman–Crippen LogP) is 0.511. The molecule has 0 aromatic rings.